The van der Waals surface area contributed by atoms with Crippen molar-refractivity contribution < 1.29 is 18.7 Å². The summed E-state index contributed by atoms with van der Waals surface area (Å²) in [6.07, 6.45) is 0.614. The number of amides is 3. The number of aromatic nitrogens is 3. The van der Waals surface area contributed by atoms with Crippen molar-refractivity contribution in [2.24, 2.45) is 5.92 Å². The maximum absolute atomic E-state index is 14.0. The second kappa shape index (κ2) is 9.10. The normalized spacial score (nSPS) is 17.1. The van der Waals surface area contributed by atoms with E-state index in [4.69, 9.17) is 4.74 Å². The molecule has 2 N–H and O–H groups in total. The van der Waals surface area contributed by atoms with E-state index in [9.17, 15) is 14.0 Å². The van der Waals surface area contributed by atoms with Gasteiger partial charge in [-0.3, -0.25) is 9.89 Å². The van der Waals surface area contributed by atoms with Gasteiger partial charge in [0.15, 0.2) is 17.4 Å². The van der Waals surface area contributed by atoms with Crippen LogP contribution < -0.4 is 10.1 Å². The Bertz CT molecular complexity index is 916. The molecule has 0 aliphatic carbocycles. The number of halogens is 1. The predicted molar refractivity (Wildman–Crippen MR) is 109 cm³/mol. The molecule has 1 aromatic carbocycles. The maximum atomic E-state index is 14.0. The molecule has 1 atom stereocenters. The minimum atomic E-state index is -0.561. The molecular weight excluding hydrogens is 391 g/mol. The predicted octanol–water partition coefficient (Wildman–Crippen LogP) is 2.72. The monoisotopic (exact) mass is 418 g/mol. The maximum Gasteiger partial charge on any atom is 0.321 e. The standard InChI is InChI=1S/C20H27FN6O3/c1-12(2)19(28)27-9-5-8-26(11-16(27)18-22-13(3)24-25-18)20(29)23-14-6-7-17(30-4)15(21)10-14/h6-7,10,12,16H,5,8-9,11H2,1-4H3,(H,23,29)(H,22,24,25). The van der Waals surface area contributed by atoms with Crippen LogP contribution in [0, 0.1) is 18.7 Å². The number of hydrogen-bond acceptors (Lipinski definition) is 5. The number of carbonyl (C=O) groups excluding carboxylic acids is 2. The zero-order chi connectivity index (χ0) is 21.8. The number of aryl methyl sites for hydroxylation is 1. The Labute approximate surface area is 174 Å². The summed E-state index contributed by atoms with van der Waals surface area (Å²) < 4.78 is 18.9. The average Bonchev–Trinajstić information content (AvgIpc) is 3.01. The number of anilines is 1. The first-order chi connectivity index (χ1) is 14.3. The zero-order valence-corrected chi connectivity index (χ0v) is 17.6. The lowest BCUT2D eigenvalue weighted by Gasteiger charge is -2.31. The van der Waals surface area contributed by atoms with Crippen molar-refractivity contribution in [2.45, 2.75) is 33.2 Å². The molecule has 2 heterocycles. The van der Waals surface area contributed by atoms with E-state index < -0.39 is 11.9 Å². The van der Waals surface area contributed by atoms with Gasteiger partial charge in [-0.15, -0.1) is 0 Å². The van der Waals surface area contributed by atoms with Gasteiger partial charge in [0.25, 0.3) is 0 Å². The summed E-state index contributed by atoms with van der Waals surface area (Å²) in [7, 11) is 1.38. The molecule has 10 heteroatoms. The SMILES string of the molecule is COc1ccc(NC(=O)N2CCCN(C(=O)C(C)C)C(c3n[nH]c(C)n3)C2)cc1F. The van der Waals surface area contributed by atoms with Gasteiger partial charge in [-0.05, 0) is 25.5 Å². The highest BCUT2D eigenvalue weighted by molar-refractivity contribution is 5.89. The Hall–Kier alpha value is -3.17. The highest BCUT2D eigenvalue weighted by atomic mass is 19.1. The second-order valence-electron chi connectivity index (χ2n) is 7.56. The number of H-pyrrole nitrogens is 1. The van der Waals surface area contributed by atoms with E-state index in [0.29, 0.717) is 36.8 Å². The van der Waals surface area contributed by atoms with Gasteiger partial charge in [-0.25, -0.2) is 14.2 Å². The van der Waals surface area contributed by atoms with E-state index in [-0.39, 0.29) is 30.2 Å². The third kappa shape index (κ3) is 4.69. The van der Waals surface area contributed by atoms with Crippen molar-refractivity contribution in [1.29, 1.82) is 0 Å². The Morgan fingerprint density at radius 2 is 2.10 bits per heavy atom. The quantitative estimate of drug-likeness (QED) is 0.795. The van der Waals surface area contributed by atoms with Gasteiger partial charge in [-0.1, -0.05) is 13.8 Å². The Morgan fingerprint density at radius 1 is 1.33 bits per heavy atom. The fourth-order valence-electron chi connectivity index (χ4n) is 3.44. The highest BCUT2D eigenvalue weighted by Gasteiger charge is 2.34. The van der Waals surface area contributed by atoms with E-state index in [0.717, 1.165) is 0 Å². The number of urea groups is 1. The molecule has 9 nitrogen and oxygen atoms in total. The molecule has 3 rings (SSSR count). The summed E-state index contributed by atoms with van der Waals surface area (Å²) >= 11 is 0. The number of carbonyl (C=O) groups is 2. The van der Waals surface area contributed by atoms with Crippen LogP contribution in [0.25, 0.3) is 0 Å². The zero-order valence-electron chi connectivity index (χ0n) is 17.6. The van der Waals surface area contributed by atoms with Gasteiger partial charge in [0, 0.05) is 30.8 Å². The third-order valence-electron chi connectivity index (χ3n) is 4.98. The smallest absolute Gasteiger partial charge is 0.321 e. The van der Waals surface area contributed by atoms with Crippen molar-refractivity contribution >= 4 is 17.6 Å². The number of benzene rings is 1. The van der Waals surface area contributed by atoms with Crippen molar-refractivity contribution in [1.82, 2.24) is 25.0 Å². The molecule has 1 unspecified atom stereocenters. The lowest BCUT2D eigenvalue weighted by Crippen LogP contribution is -2.43. The number of nitrogens with zero attached hydrogens (tertiary/aromatic N) is 4. The number of methoxy groups -OCH3 is 1. The fraction of sp³-hybridized carbons (Fsp3) is 0.500. The van der Waals surface area contributed by atoms with Gasteiger partial charge < -0.3 is 19.9 Å². The number of nitrogens with one attached hydrogen (secondary N) is 2. The summed E-state index contributed by atoms with van der Waals surface area (Å²) in [6, 6.07) is 3.39. The van der Waals surface area contributed by atoms with E-state index in [1.807, 2.05) is 13.8 Å². The highest BCUT2D eigenvalue weighted by Crippen LogP contribution is 2.26. The van der Waals surface area contributed by atoms with Crippen LogP contribution in [0.2, 0.25) is 0 Å². The van der Waals surface area contributed by atoms with Gasteiger partial charge in [0.2, 0.25) is 5.91 Å². The van der Waals surface area contributed by atoms with Gasteiger partial charge >= 0.3 is 6.03 Å². The lowest BCUT2D eigenvalue weighted by molar-refractivity contribution is -0.137. The van der Waals surface area contributed by atoms with Crippen molar-refractivity contribution in [3.8, 4) is 5.75 Å². The Kier molecular flexibility index (Phi) is 6.53. The lowest BCUT2D eigenvalue weighted by atomic mass is 10.1. The molecule has 0 spiro atoms. The van der Waals surface area contributed by atoms with Crippen LogP contribution in [-0.4, -0.2) is 63.7 Å². The summed E-state index contributed by atoms with van der Waals surface area (Å²) in [6.45, 7) is 6.65. The number of aromatic amines is 1. The van der Waals surface area contributed by atoms with Crippen LogP contribution in [0.3, 0.4) is 0 Å². The summed E-state index contributed by atoms with van der Waals surface area (Å²) in [5.74, 6) is 0.448. The molecule has 162 valence electrons. The van der Waals surface area contributed by atoms with Gasteiger partial charge in [-0.2, -0.15) is 5.10 Å². The molecule has 3 amide bonds. The second-order valence-corrected chi connectivity index (χ2v) is 7.56. The van der Waals surface area contributed by atoms with Crippen LogP contribution in [0.15, 0.2) is 18.2 Å². The molecule has 1 saturated heterocycles. The van der Waals surface area contributed by atoms with E-state index in [2.05, 4.69) is 20.5 Å². The van der Waals surface area contributed by atoms with Crippen LogP contribution in [0.1, 0.15) is 38.0 Å². The van der Waals surface area contributed by atoms with E-state index in [1.165, 1.54) is 19.2 Å². The number of hydrogen-bond donors (Lipinski definition) is 2. The number of rotatable bonds is 4. The molecule has 0 radical (unpaired) electrons. The van der Waals surface area contributed by atoms with Gasteiger partial charge in [0.1, 0.15) is 11.9 Å². The van der Waals surface area contributed by atoms with E-state index in [1.54, 1.807) is 22.8 Å². The molecule has 30 heavy (non-hydrogen) atoms. The molecule has 1 fully saturated rings. The van der Waals surface area contributed by atoms with Crippen molar-refractivity contribution in [3.05, 3.63) is 35.7 Å². The molecular formula is C20H27FN6O3. The van der Waals surface area contributed by atoms with Crippen molar-refractivity contribution in [2.75, 3.05) is 32.1 Å². The Balaban J connectivity index is 1.81. The van der Waals surface area contributed by atoms with Crippen LogP contribution in [-0.2, 0) is 4.79 Å². The molecule has 1 aromatic heterocycles. The first kappa shape index (κ1) is 21.5. The van der Waals surface area contributed by atoms with Gasteiger partial charge in [0.05, 0.1) is 13.7 Å². The van der Waals surface area contributed by atoms with E-state index >= 15 is 0 Å². The minimum absolute atomic E-state index is 0.0121. The summed E-state index contributed by atoms with van der Waals surface area (Å²) in [5, 5.41) is 9.75. The molecule has 0 saturated carbocycles. The first-order valence-electron chi connectivity index (χ1n) is 9.89. The first-order valence-corrected chi connectivity index (χ1v) is 9.89. The summed E-state index contributed by atoms with van der Waals surface area (Å²) in [4.78, 5) is 33.4. The molecule has 2 aromatic rings. The van der Waals surface area contributed by atoms with Crippen LogP contribution >= 0.6 is 0 Å². The topological polar surface area (TPSA) is 103 Å². The van der Waals surface area contributed by atoms with Crippen molar-refractivity contribution in [3.63, 3.8) is 0 Å². The Morgan fingerprint density at radius 3 is 2.70 bits per heavy atom. The molecule has 1 aliphatic heterocycles. The summed E-state index contributed by atoms with van der Waals surface area (Å²) in [5.41, 5.74) is 0.322. The minimum Gasteiger partial charge on any atom is -0.494 e. The van der Waals surface area contributed by atoms with Crippen LogP contribution in [0.5, 0.6) is 5.75 Å². The third-order valence-corrected chi connectivity index (χ3v) is 4.98. The van der Waals surface area contributed by atoms with Crippen LogP contribution in [0.4, 0.5) is 14.9 Å². The average molecular weight is 418 g/mol. The molecule has 1 aliphatic rings. The fourth-order valence-corrected chi connectivity index (χ4v) is 3.44. The molecule has 0 bridgehead atoms. The largest absolute Gasteiger partial charge is 0.494 e. The number of ether oxygens (including phenoxy) is 1.